The van der Waals surface area contributed by atoms with Crippen molar-refractivity contribution in [2.24, 2.45) is 0 Å². The highest BCUT2D eigenvalue weighted by Crippen LogP contribution is 2.40. The van der Waals surface area contributed by atoms with Gasteiger partial charge in [-0.1, -0.05) is 60.2 Å². The van der Waals surface area contributed by atoms with Gasteiger partial charge in [0.15, 0.2) is 5.43 Å². The zero-order chi connectivity index (χ0) is 26.4. The quantitative estimate of drug-likeness (QED) is 0.254. The Hall–Kier alpha value is -4.64. The van der Waals surface area contributed by atoms with Gasteiger partial charge < -0.3 is 14.1 Å². The highest BCUT2D eigenvalue weighted by molar-refractivity contribution is 5.99. The number of nitrogens with zero attached hydrogens (tertiary/aromatic N) is 1. The molecule has 1 atom stereocenters. The zero-order valence-corrected chi connectivity index (χ0v) is 21.5. The molecule has 5 heteroatoms. The molecule has 0 saturated heterocycles. The molecule has 1 amide bonds. The lowest BCUT2D eigenvalue weighted by molar-refractivity contribution is 0.0714. The number of fused-ring (bicyclic) bond motifs is 2. The van der Waals surface area contributed by atoms with Crippen molar-refractivity contribution in [2.45, 2.75) is 33.4 Å². The fraction of sp³-hybridized carbons (Fsp3) is 0.152. The Morgan fingerprint density at radius 3 is 2.26 bits per heavy atom. The first-order valence-electron chi connectivity index (χ1n) is 12.7. The van der Waals surface area contributed by atoms with Crippen molar-refractivity contribution in [2.75, 3.05) is 0 Å². The lowest BCUT2D eigenvalue weighted by atomic mass is 9.97. The standard InChI is InChI=1S/C33H27NO4/c1-20-12-14-23(15-13-20)19-34-30(24-8-7-11-26(18-24)37-25-9-5-4-6-10-25)29-31(35)27-16-21(2)22(3)17-28(27)38-32(29)33(34)36/h4-18,30H,19H2,1-3H3. The van der Waals surface area contributed by atoms with E-state index in [4.69, 9.17) is 9.15 Å². The van der Waals surface area contributed by atoms with Crippen LogP contribution in [0.15, 0.2) is 100 Å². The highest BCUT2D eigenvalue weighted by atomic mass is 16.5. The lowest BCUT2D eigenvalue weighted by Crippen LogP contribution is -2.29. The van der Waals surface area contributed by atoms with Crippen molar-refractivity contribution < 1.29 is 13.9 Å². The number of hydrogen-bond acceptors (Lipinski definition) is 4. The fourth-order valence-corrected chi connectivity index (χ4v) is 5.05. The Balaban J connectivity index is 1.51. The van der Waals surface area contributed by atoms with Gasteiger partial charge in [0.1, 0.15) is 17.1 Å². The molecule has 0 aliphatic carbocycles. The molecule has 1 aromatic heterocycles. The average molecular weight is 502 g/mol. The maximum Gasteiger partial charge on any atom is 0.291 e. The molecule has 5 aromatic rings. The van der Waals surface area contributed by atoms with E-state index in [9.17, 15) is 9.59 Å². The molecule has 0 bridgehead atoms. The number of hydrogen-bond donors (Lipinski definition) is 0. The third-order valence-corrected chi connectivity index (χ3v) is 7.21. The maximum absolute atomic E-state index is 14.0. The van der Waals surface area contributed by atoms with Crippen LogP contribution in [0.2, 0.25) is 0 Å². The normalized spacial score (nSPS) is 14.7. The van der Waals surface area contributed by atoms with Gasteiger partial charge in [0.2, 0.25) is 5.76 Å². The Morgan fingerprint density at radius 2 is 1.50 bits per heavy atom. The first-order valence-corrected chi connectivity index (χ1v) is 12.7. The van der Waals surface area contributed by atoms with Crippen molar-refractivity contribution in [3.8, 4) is 11.5 Å². The van der Waals surface area contributed by atoms with Gasteiger partial charge in [-0.25, -0.2) is 0 Å². The van der Waals surface area contributed by atoms with E-state index in [1.165, 1.54) is 0 Å². The van der Waals surface area contributed by atoms with E-state index in [-0.39, 0.29) is 17.1 Å². The molecule has 4 aromatic carbocycles. The summed E-state index contributed by atoms with van der Waals surface area (Å²) < 4.78 is 12.3. The molecule has 1 aliphatic rings. The summed E-state index contributed by atoms with van der Waals surface area (Å²) in [5, 5.41) is 0.485. The Kier molecular flexibility index (Phi) is 5.84. The molecular weight excluding hydrogens is 474 g/mol. The molecule has 0 fully saturated rings. The molecule has 0 radical (unpaired) electrons. The smallest absolute Gasteiger partial charge is 0.291 e. The number of benzene rings is 4. The van der Waals surface area contributed by atoms with E-state index in [1.807, 2.05) is 112 Å². The topological polar surface area (TPSA) is 59.8 Å². The van der Waals surface area contributed by atoms with Crippen molar-refractivity contribution in [3.05, 3.63) is 140 Å². The van der Waals surface area contributed by atoms with Crippen molar-refractivity contribution in [1.82, 2.24) is 4.90 Å². The summed E-state index contributed by atoms with van der Waals surface area (Å²) in [5.74, 6) is 1.15. The number of carbonyl (C=O) groups excluding carboxylic acids is 1. The predicted octanol–water partition coefficient (Wildman–Crippen LogP) is 7.26. The first kappa shape index (κ1) is 23.7. The summed E-state index contributed by atoms with van der Waals surface area (Å²) in [6.45, 7) is 6.30. The number of aryl methyl sites for hydroxylation is 3. The minimum absolute atomic E-state index is 0.109. The van der Waals surface area contributed by atoms with E-state index in [2.05, 4.69) is 0 Å². The van der Waals surface area contributed by atoms with Gasteiger partial charge in [0.05, 0.1) is 17.0 Å². The van der Waals surface area contributed by atoms with E-state index in [0.717, 1.165) is 27.8 Å². The molecule has 1 aliphatic heterocycles. The van der Waals surface area contributed by atoms with Crippen LogP contribution in [0.5, 0.6) is 11.5 Å². The van der Waals surface area contributed by atoms with Gasteiger partial charge in [-0.05, 0) is 79.4 Å². The Morgan fingerprint density at radius 1 is 0.789 bits per heavy atom. The summed E-state index contributed by atoms with van der Waals surface area (Å²) >= 11 is 0. The number of rotatable bonds is 5. The van der Waals surface area contributed by atoms with Gasteiger partial charge in [-0.3, -0.25) is 9.59 Å². The van der Waals surface area contributed by atoms with E-state index < -0.39 is 6.04 Å². The molecule has 6 rings (SSSR count). The second kappa shape index (κ2) is 9.34. The Bertz CT molecular complexity index is 1740. The number of amides is 1. The van der Waals surface area contributed by atoms with Crippen LogP contribution in [0, 0.1) is 20.8 Å². The number of ether oxygens (including phenoxy) is 1. The van der Waals surface area contributed by atoms with Gasteiger partial charge >= 0.3 is 0 Å². The number of para-hydroxylation sites is 1. The summed E-state index contributed by atoms with van der Waals surface area (Å²) in [6.07, 6.45) is 0. The molecule has 0 saturated carbocycles. The minimum atomic E-state index is -0.611. The van der Waals surface area contributed by atoms with E-state index in [0.29, 0.717) is 34.6 Å². The van der Waals surface area contributed by atoms with Crippen LogP contribution >= 0.6 is 0 Å². The second-order valence-corrected chi connectivity index (χ2v) is 9.92. The second-order valence-electron chi connectivity index (χ2n) is 9.92. The molecule has 38 heavy (non-hydrogen) atoms. The van der Waals surface area contributed by atoms with Crippen LogP contribution in [-0.2, 0) is 6.54 Å². The summed E-state index contributed by atoms with van der Waals surface area (Å²) in [5.41, 5.74) is 5.53. The molecule has 1 unspecified atom stereocenters. The summed E-state index contributed by atoms with van der Waals surface area (Å²) in [4.78, 5) is 29.5. The van der Waals surface area contributed by atoms with Gasteiger partial charge in [-0.2, -0.15) is 0 Å². The molecular formula is C33H27NO4. The van der Waals surface area contributed by atoms with Crippen LogP contribution in [0.25, 0.3) is 11.0 Å². The molecule has 0 N–H and O–H groups in total. The predicted molar refractivity (Wildman–Crippen MR) is 148 cm³/mol. The number of carbonyl (C=O) groups is 1. The van der Waals surface area contributed by atoms with Crippen LogP contribution in [0.3, 0.4) is 0 Å². The largest absolute Gasteiger partial charge is 0.457 e. The zero-order valence-electron chi connectivity index (χ0n) is 21.5. The van der Waals surface area contributed by atoms with Gasteiger partial charge in [0, 0.05) is 6.54 Å². The van der Waals surface area contributed by atoms with Crippen LogP contribution < -0.4 is 10.2 Å². The lowest BCUT2D eigenvalue weighted by Gasteiger charge is -2.25. The average Bonchev–Trinajstić information content (AvgIpc) is 3.19. The maximum atomic E-state index is 14.0. The van der Waals surface area contributed by atoms with Crippen LogP contribution in [0.4, 0.5) is 0 Å². The summed E-state index contributed by atoms with van der Waals surface area (Å²) in [7, 11) is 0. The minimum Gasteiger partial charge on any atom is -0.457 e. The van der Waals surface area contributed by atoms with Gasteiger partial charge in [0.25, 0.3) is 5.91 Å². The molecule has 2 heterocycles. The van der Waals surface area contributed by atoms with E-state index >= 15 is 0 Å². The Labute approximate surface area is 220 Å². The molecule has 5 nitrogen and oxygen atoms in total. The molecule has 0 spiro atoms. The highest BCUT2D eigenvalue weighted by Gasteiger charge is 2.43. The third kappa shape index (κ3) is 4.16. The van der Waals surface area contributed by atoms with Crippen LogP contribution in [0.1, 0.15) is 50.0 Å². The summed E-state index contributed by atoms with van der Waals surface area (Å²) in [6, 6.07) is 28.3. The molecule has 188 valence electrons. The van der Waals surface area contributed by atoms with Crippen molar-refractivity contribution in [3.63, 3.8) is 0 Å². The van der Waals surface area contributed by atoms with Crippen LogP contribution in [-0.4, -0.2) is 10.8 Å². The van der Waals surface area contributed by atoms with E-state index in [1.54, 1.807) is 4.90 Å². The first-order chi connectivity index (χ1) is 18.4. The fourth-order valence-electron chi connectivity index (χ4n) is 5.05. The van der Waals surface area contributed by atoms with Crippen molar-refractivity contribution >= 4 is 16.9 Å². The van der Waals surface area contributed by atoms with Gasteiger partial charge in [-0.15, -0.1) is 0 Å². The third-order valence-electron chi connectivity index (χ3n) is 7.21. The SMILES string of the molecule is Cc1ccc(CN2C(=O)c3oc4cc(C)c(C)cc4c(=O)c3C2c2cccc(Oc3ccccc3)c2)cc1. The monoisotopic (exact) mass is 501 g/mol. The van der Waals surface area contributed by atoms with Crippen molar-refractivity contribution in [1.29, 1.82) is 0 Å².